The van der Waals surface area contributed by atoms with Gasteiger partial charge in [0, 0.05) is 0 Å². The fourth-order valence-corrected chi connectivity index (χ4v) is 3.34. The Morgan fingerprint density at radius 1 is 1.39 bits per heavy atom. The maximum Gasteiger partial charge on any atom is 0.240 e. The first-order chi connectivity index (χ1) is 8.68. The molecule has 18 heavy (non-hydrogen) atoms. The summed E-state index contributed by atoms with van der Waals surface area (Å²) in [6.45, 7) is 3.05. The number of amides is 1. The van der Waals surface area contributed by atoms with E-state index in [2.05, 4.69) is 17.6 Å². The van der Waals surface area contributed by atoms with Crippen molar-refractivity contribution < 1.29 is 9.90 Å². The molecular formula is C14H26N2O2. The lowest BCUT2D eigenvalue weighted by atomic mass is 9.88. The minimum absolute atomic E-state index is 0.0395. The summed E-state index contributed by atoms with van der Waals surface area (Å²) in [5.41, 5.74) is -0.369. The van der Waals surface area contributed by atoms with Crippen molar-refractivity contribution in [3.63, 3.8) is 0 Å². The summed E-state index contributed by atoms with van der Waals surface area (Å²) in [6, 6.07) is -0.0395. The van der Waals surface area contributed by atoms with E-state index in [0.29, 0.717) is 0 Å². The van der Waals surface area contributed by atoms with E-state index < -0.39 is 0 Å². The predicted molar refractivity (Wildman–Crippen MR) is 71.3 cm³/mol. The minimum Gasteiger partial charge on any atom is -0.391 e. The summed E-state index contributed by atoms with van der Waals surface area (Å²) in [4.78, 5) is 12.5. The van der Waals surface area contributed by atoms with Gasteiger partial charge in [-0.15, -0.1) is 0 Å². The van der Waals surface area contributed by atoms with Gasteiger partial charge in [-0.25, -0.2) is 0 Å². The van der Waals surface area contributed by atoms with Gasteiger partial charge in [-0.2, -0.15) is 0 Å². The second-order valence-electron chi connectivity index (χ2n) is 5.79. The van der Waals surface area contributed by atoms with Crippen molar-refractivity contribution in [2.75, 3.05) is 6.54 Å². The highest BCUT2D eigenvalue weighted by Crippen LogP contribution is 2.26. The minimum atomic E-state index is -0.369. The summed E-state index contributed by atoms with van der Waals surface area (Å²) in [6.07, 6.45) is 7.45. The Labute approximate surface area is 110 Å². The number of aliphatic hydroxyl groups excluding tert-OH is 1. The SMILES string of the molecule is CCCC1(C(=O)NC2CCCCC2O)CCCN1. The number of carbonyl (C=O) groups is 1. The zero-order valence-corrected chi connectivity index (χ0v) is 11.4. The highest BCUT2D eigenvalue weighted by Gasteiger charge is 2.41. The van der Waals surface area contributed by atoms with E-state index in [9.17, 15) is 9.90 Å². The van der Waals surface area contributed by atoms with E-state index in [0.717, 1.165) is 57.9 Å². The zero-order chi connectivity index (χ0) is 13.0. The molecule has 0 radical (unpaired) electrons. The van der Waals surface area contributed by atoms with Crippen LogP contribution in [0.4, 0.5) is 0 Å². The lowest BCUT2D eigenvalue weighted by Gasteiger charge is -2.34. The maximum atomic E-state index is 12.5. The average molecular weight is 254 g/mol. The van der Waals surface area contributed by atoms with Crippen molar-refractivity contribution in [3.8, 4) is 0 Å². The molecule has 3 unspecified atom stereocenters. The van der Waals surface area contributed by atoms with Crippen LogP contribution in [-0.4, -0.2) is 35.2 Å². The van der Waals surface area contributed by atoms with Crippen LogP contribution >= 0.6 is 0 Å². The molecule has 3 N–H and O–H groups in total. The third-order valence-electron chi connectivity index (χ3n) is 4.40. The summed E-state index contributed by atoms with van der Waals surface area (Å²) >= 11 is 0. The van der Waals surface area contributed by atoms with Gasteiger partial charge in [0.15, 0.2) is 0 Å². The summed E-state index contributed by atoms with van der Waals surface area (Å²) in [7, 11) is 0. The van der Waals surface area contributed by atoms with Crippen molar-refractivity contribution >= 4 is 5.91 Å². The molecule has 1 aliphatic heterocycles. The first-order valence-corrected chi connectivity index (χ1v) is 7.42. The highest BCUT2D eigenvalue weighted by molar-refractivity contribution is 5.87. The van der Waals surface area contributed by atoms with Gasteiger partial charge in [0.2, 0.25) is 5.91 Å². The predicted octanol–water partition coefficient (Wildman–Crippen LogP) is 1.33. The van der Waals surface area contributed by atoms with Crippen LogP contribution in [0.1, 0.15) is 58.3 Å². The number of carbonyl (C=O) groups excluding carboxylic acids is 1. The second-order valence-corrected chi connectivity index (χ2v) is 5.79. The van der Waals surface area contributed by atoms with Gasteiger partial charge in [-0.3, -0.25) is 4.79 Å². The third kappa shape index (κ3) is 2.86. The molecule has 1 saturated carbocycles. The van der Waals surface area contributed by atoms with Gasteiger partial charge in [0.25, 0.3) is 0 Å². The number of rotatable bonds is 4. The Morgan fingerprint density at radius 3 is 2.78 bits per heavy atom. The molecule has 4 heteroatoms. The van der Waals surface area contributed by atoms with E-state index in [1.807, 2.05) is 0 Å². The maximum absolute atomic E-state index is 12.5. The van der Waals surface area contributed by atoms with Crippen LogP contribution in [-0.2, 0) is 4.79 Å². The molecule has 1 heterocycles. The first kappa shape index (κ1) is 13.8. The molecule has 0 aromatic heterocycles. The van der Waals surface area contributed by atoms with Crippen molar-refractivity contribution in [2.45, 2.75) is 76.0 Å². The topological polar surface area (TPSA) is 61.4 Å². The molecule has 0 aromatic carbocycles. The fraction of sp³-hybridized carbons (Fsp3) is 0.929. The number of aliphatic hydroxyl groups is 1. The second kappa shape index (κ2) is 6.02. The Balaban J connectivity index is 1.96. The number of nitrogens with one attached hydrogen (secondary N) is 2. The van der Waals surface area contributed by atoms with Crippen LogP contribution < -0.4 is 10.6 Å². The average Bonchev–Trinajstić information content (AvgIpc) is 2.82. The molecule has 0 bridgehead atoms. The lowest BCUT2D eigenvalue weighted by molar-refractivity contribution is -0.129. The molecule has 4 nitrogen and oxygen atoms in total. The molecule has 3 atom stereocenters. The monoisotopic (exact) mass is 254 g/mol. The van der Waals surface area contributed by atoms with E-state index >= 15 is 0 Å². The third-order valence-corrected chi connectivity index (χ3v) is 4.40. The molecule has 2 fully saturated rings. The lowest BCUT2D eigenvalue weighted by Crippen LogP contribution is -2.58. The largest absolute Gasteiger partial charge is 0.391 e. The van der Waals surface area contributed by atoms with Crippen LogP contribution in [0, 0.1) is 0 Å². The molecule has 1 aliphatic carbocycles. The van der Waals surface area contributed by atoms with E-state index in [1.54, 1.807) is 0 Å². The van der Waals surface area contributed by atoms with Gasteiger partial charge < -0.3 is 15.7 Å². The molecule has 1 saturated heterocycles. The molecule has 1 amide bonds. The van der Waals surface area contributed by atoms with Gasteiger partial charge in [-0.1, -0.05) is 26.2 Å². The Morgan fingerprint density at radius 2 is 2.17 bits per heavy atom. The zero-order valence-electron chi connectivity index (χ0n) is 11.4. The summed E-state index contributed by atoms with van der Waals surface area (Å²) < 4.78 is 0. The van der Waals surface area contributed by atoms with Crippen molar-refractivity contribution in [2.24, 2.45) is 0 Å². The molecule has 104 valence electrons. The van der Waals surface area contributed by atoms with Crippen molar-refractivity contribution in [1.82, 2.24) is 10.6 Å². The van der Waals surface area contributed by atoms with Crippen LogP contribution in [0.15, 0.2) is 0 Å². The summed E-state index contributed by atoms with van der Waals surface area (Å²) in [5, 5.41) is 16.4. The molecule has 2 aliphatic rings. The first-order valence-electron chi connectivity index (χ1n) is 7.42. The Hall–Kier alpha value is -0.610. The van der Waals surface area contributed by atoms with Gasteiger partial charge >= 0.3 is 0 Å². The summed E-state index contributed by atoms with van der Waals surface area (Å²) in [5.74, 6) is 0.104. The van der Waals surface area contributed by atoms with Crippen molar-refractivity contribution in [1.29, 1.82) is 0 Å². The standard InChI is InChI=1S/C14H26N2O2/c1-2-8-14(9-5-10-15-14)13(18)16-11-6-3-4-7-12(11)17/h11-12,15,17H,2-10H2,1H3,(H,16,18). The van der Waals surface area contributed by atoms with Crippen LogP contribution in [0.3, 0.4) is 0 Å². The van der Waals surface area contributed by atoms with Crippen LogP contribution in [0.5, 0.6) is 0 Å². The van der Waals surface area contributed by atoms with E-state index in [4.69, 9.17) is 0 Å². The van der Waals surface area contributed by atoms with Crippen molar-refractivity contribution in [3.05, 3.63) is 0 Å². The fourth-order valence-electron chi connectivity index (χ4n) is 3.34. The highest BCUT2D eigenvalue weighted by atomic mass is 16.3. The molecule has 0 aromatic rings. The molecule has 0 spiro atoms. The van der Waals surface area contributed by atoms with Crippen LogP contribution in [0.2, 0.25) is 0 Å². The number of hydrogen-bond acceptors (Lipinski definition) is 3. The van der Waals surface area contributed by atoms with Gasteiger partial charge in [0.1, 0.15) is 0 Å². The smallest absolute Gasteiger partial charge is 0.240 e. The Kier molecular flexibility index (Phi) is 4.62. The number of hydrogen-bond donors (Lipinski definition) is 3. The molecular weight excluding hydrogens is 228 g/mol. The van der Waals surface area contributed by atoms with Gasteiger partial charge in [-0.05, 0) is 38.6 Å². The Bertz CT molecular complexity index is 288. The molecule has 2 rings (SSSR count). The van der Waals surface area contributed by atoms with E-state index in [1.165, 1.54) is 0 Å². The normalized spacial score (nSPS) is 36.6. The van der Waals surface area contributed by atoms with Crippen LogP contribution in [0.25, 0.3) is 0 Å². The quantitative estimate of drug-likeness (QED) is 0.709. The van der Waals surface area contributed by atoms with E-state index in [-0.39, 0.29) is 23.6 Å². The van der Waals surface area contributed by atoms with Gasteiger partial charge in [0.05, 0.1) is 17.7 Å².